The number of anilines is 2. The molecule has 11 heteroatoms. The molecule has 2 aliphatic carbocycles. The lowest BCUT2D eigenvalue weighted by Crippen LogP contribution is -2.38. The van der Waals surface area contributed by atoms with Crippen molar-refractivity contribution in [1.29, 1.82) is 0 Å². The van der Waals surface area contributed by atoms with Crippen molar-refractivity contribution in [2.75, 3.05) is 5.32 Å². The number of aliphatic hydroxyl groups excluding tert-OH is 1. The number of nitrogens with zero attached hydrogens (tertiary/aromatic N) is 2. The summed E-state index contributed by atoms with van der Waals surface area (Å²) in [6.45, 7) is 0. The van der Waals surface area contributed by atoms with Crippen LogP contribution >= 0.6 is 0 Å². The zero-order chi connectivity index (χ0) is 23.3. The summed E-state index contributed by atoms with van der Waals surface area (Å²) < 4.78 is 71.2. The summed E-state index contributed by atoms with van der Waals surface area (Å²) in [7, 11) is -3.84. The van der Waals surface area contributed by atoms with Crippen LogP contribution < -0.4 is 10.0 Å². The van der Waals surface area contributed by atoms with Gasteiger partial charge in [-0.15, -0.1) is 0 Å². The average Bonchev–Trinajstić information content (AvgIpc) is 3.56. The molecule has 5 rings (SSSR count). The fraction of sp³-hybridized carbons (Fsp3) is 0.409. The number of aliphatic hydroxyl groups is 1. The molecule has 1 aromatic heterocycles. The van der Waals surface area contributed by atoms with Gasteiger partial charge in [0.2, 0.25) is 10.0 Å². The van der Waals surface area contributed by atoms with E-state index in [0.29, 0.717) is 36.6 Å². The molecule has 2 fully saturated rings. The second kappa shape index (κ2) is 8.30. The number of rotatable bonds is 6. The van der Waals surface area contributed by atoms with Crippen LogP contribution in [0.15, 0.2) is 35.2 Å². The number of aromatic nitrogens is 2. The van der Waals surface area contributed by atoms with Gasteiger partial charge < -0.3 is 10.4 Å². The van der Waals surface area contributed by atoms with Crippen LogP contribution in [0, 0.1) is 17.5 Å². The predicted molar refractivity (Wildman–Crippen MR) is 116 cm³/mol. The van der Waals surface area contributed by atoms with Crippen LogP contribution in [-0.4, -0.2) is 35.5 Å². The van der Waals surface area contributed by atoms with E-state index in [0.717, 1.165) is 25.0 Å². The van der Waals surface area contributed by atoms with Gasteiger partial charge in [0.25, 0.3) is 0 Å². The second-order valence-electron chi connectivity index (χ2n) is 8.71. The van der Waals surface area contributed by atoms with Gasteiger partial charge in [-0.1, -0.05) is 0 Å². The Bertz CT molecular complexity index is 1290. The highest BCUT2D eigenvalue weighted by Gasteiger charge is 2.29. The third-order valence-corrected chi connectivity index (χ3v) is 7.66. The van der Waals surface area contributed by atoms with Crippen LogP contribution in [0.25, 0.3) is 10.9 Å². The molecule has 2 aliphatic rings. The van der Waals surface area contributed by atoms with E-state index >= 15 is 0 Å². The first-order chi connectivity index (χ1) is 15.7. The summed E-state index contributed by atoms with van der Waals surface area (Å²) in [6, 6.07) is 6.19. The highest BCUT2D eigenvalue weighted by Crippen LogP contribution is 2.40. The van der Waals surface area contributed by atoms with Crippen molar-refractivity contribution in [3.05, 3.63) is 47.8 Å². The number of benzene rings is 2. The predicted octanol–water partition coefficient (Wildman–Crippen LogP) is 4.11. The van der Waals surface area contributed by atoms with Crippen molar-refractivity contribution in [2.24, 2.45) is 0 Å². The molecule has 0 unspecified atom stereocenters. The minimum atomic E-state index is -3.84. The molecule has 0 spiro atoms. The maximum Gasteiger partial charge on any atom is 0.240 e. The number of sulfonamides is 1. The molecule has 0 amide bonds. The van der Waals surface area contributed by atoms with Gasteiger partial charge in [0.1, 0.15) is 0 Å². The minimum absolute atomic E-state index is 0.0380. The van der Waals surface area contributed by atoms with Gasteiger partial charge in [0, 0.05) is 29.2 Å². The molecule has 3 N–H and O–H groups in total. The topological polar surface area (TPSA) is 96.2 Å². The van der Waals surface area contributed by atoms with Crippen LogP contribution in [-0.2, 0) is 10.0 Å². The van der Waals surface area contributed by atoms with Gasteiger partial charge in [0.05, 0.1) is 22.6 Å². The Kier molecular flexibility index (Phi) is 5.58. The maximum absolute atomic E-state index is 13.7. The van der Waals surface area contributed by atoms with Gasteiger partial charge in [-0.2, -0.15) is 5.10 Å². The van der Waals surface area contributed by atoms with Crippen LogP contribution in [0.5, 0.6) is 0 Å². The second-order valence-corrected chi connectivity index (χ2v) is 10.4. The van der Waals surface area contributed by atoms with Crippen molar-refractivity contribution in [1.82, 2.24) is 14.5 Å². The van der Waals surface area contributed by atoms with E-state index in [1.54, 1.807) is 10.7 Å². The van der Waals surface area contributed by atoms with E-state index in [2.05, 4.69) is 15.1 Å². The molecule has 176 valence electrons. The molecular formula is C22H23F3N4O3S. The van der Waals surface area contributed by atoms with E-state index < -0.39 is 33.6 Å². The van der Waals surface area contributed by atoms with E-state index in [4.69, 9.17) is 0 Å². The van der Waals surface area contributed by atoms with Crippen LogP contribution in [0.2, 0.25) is 0 Å². The maximum atomic E-state index is 13.7. The molecular weight excluding hydrogens is 457 g/mol. The van der Waals surface area contributed by atoms with Crippen molar-refractivity contribution in [2.45, 2.75) is 61.6 Å². The van der Waals surface area contributed by atoms with Gasteiger partial charge in [0.15, 0.2) is 23.3 Å². The lowest BCUT2D eigenvalue weighted by atomic mass is 9.94. The number of halogens is 3. The SMILES string of the molecule is O=S(=O)(NC1CCC(O)CC1)c1ccc2c(c1)c(Nc1cc(F)c(F)c(F)c1)nn2C1CC1. The van der Waals surface area contributed by atoms with Gasteiger partial charge >= 0.3 is 0 Å². The van der Waals surface area contributed by atoms with Gasteiger partial charge in [-0.3, -0.25) is 4.68 Å². The van der Waals surface area contributed by atoms with Crippen molar-refractivity contribution >= 4 is 32.4 Å². The summed E-state index contributed by atoms with van der Waals surface area (Å²) in [5.74, 6) is -4.02. The smallest absolute Gasteiger partial charge is 0.240 e. The number of nitrogens with one attached hydrogen (secondary N) is 2. The Hall–Kier alpha value is -2.63. The number of hydrogen-bond acceptors (Lipinski definition) is 5. The van der Waals surface area contributed by atoms with Crippen molar-refractivity contribution in [3.63, 3.8) is 0 Å². The Labute approximate surface area is 188 Å². The molecule has 1 heterocycles. The molecule has 7 nitrogen and oxygen atoms in total. The Morgan fingerprint density at radius 1 is 0.970 bits per heavy atom. The molecule has 0 atom stereocenters. The third kappa shape index (κ3) is 4.44. The largest absolute Gasteiger partial charge is 0.393 e. The van der Waals surface area contributed by atoms with Crippen LogP contribution in [0.1, 0.15) is 44.6 Å². The Morgan fingerprint density at radius 2 is 1.64 bits per heavy atom. The van der Waals surface area contributed by atoms with E-state index in [1.165, 1.54) is 12.1 Å². The fourth-order valence-corrected chi connectivity index (χ4v) is 5.55. The monoisotopic (exact) mass is 480 g/mol. The summed E-state index contributed by atoms with van der Waals surface area (Å²) in [5, 5.41) is 17.4. The zero-order valence-electron chi connectivity index (χ0n) is 17.6. The van der Waals surface area contributed by atoms with E-state index in [9.17, 15) is 26.7 Å². The number of hydrogen-bond donors (Lipinski definition) is 3. The minimum Gasteiger partial charge on any atom is -0.393 e. The summed E-state index contributed by atoms with van der Waals surface area (Å²) in [5.41, 5.74) is 0.642. The van der Waals surface area contributed by atoms with Gasteiger partial charge in [-0.25, -0.2) is 26.3 Å². The van der Waals surface area contributed by atoms with E-state index in [-0.39, 0.29) is 28.5 Å². The first-order valence-electron chi connectivity index (χ1n) is 10.9. The summed E-state index contributed by atoms with van der Waals surface area (Å²) >= 11 is 0. The van der Waals surface area contributed by atoms with E-state index in [1.807, 2.05) is 0 Å². The number of fused-ring (bicyclic) bond motifs is 1. The van der Waals surface area contributed by atoms with Gasteiger partial charge in [-0.05, 0) is 56.7 Å². The molecule has 0 bridgehead atoms. The summed E-state index contributed by atoms with van der Waals surface area (Å²) in [6.07, 6.45) is 3.63. The first-order valence-corrected chi connectivity index (χ1v) is 12.3. The zero-order valence-corrected chi connectivity index (χ0v) is 18.4. The van der Waals surface area contributed by atoms with Crippen molar-refractivity contribution < 1.29 is 26.7 Å². The standard InChI is InChI=1S/C22H23F3N4O3S/c23-18-9-13(10-19(24)21(18)25)26-22-17-11-16(7-8-20(17)29(27-22)14-3-4-14)33(31,32)28-12-1-5-15(30)6-2-12/h7-12,14-15,28,30H,1-6H2,(H,26,27). The van der Waals surface area contributed by atoms with Crippen molar-refractivity contribution in [3.8, 4) is 0 Å². The summed E-state index contributed by atoms with van der Waals surface area (Å²) in [4.78, 5) is 0.0380. The quantitative estimate of drug-likeness (QED) is 0.462. The highest BCUT2D eigenvalue weighted by atomic mass is 32.2. The molecule has 33 heavy (non-hydrogen) atoms. The normalized spacial score (nSPS) is 21.5. The molecule has 2 saturated carbocycles. The molecule has 0 radical (unpaired) electrons. The molecule has 3 aromatic rings. The molecule has 0 aliphatic heterocycles. The van der Waals surface area contributed by atoms with Crippen LogP contribution in [0.3, 0.4) is 0 Å². The lowest BCUT2D eigenvalue weighted by Gasteiger charge is -2.26. The fourth-order valence-electron chi connectivity index (χ4n) is 4.22. The first kappa shape index (κ1) is 22.2. The molecule has 2 aromatic carbocycles. The Morgan fingerprint density at radius 3 is 2.27 bits per heavy atom. The molecule has 0 saturated heterocycles. The average molecular weight is 481 g/mol. The third-order valence-electron chi connectivity index (χ3n) is 6.15. The highest BCUT2D eigenvalue weighted by molar-refractivity contribution is 7.89. The lowest BCUT2D eigenvalue weighted by molar-refractivity contribution is 0.120. The Balaban J connectivity index is 1.50. The van der Waals surface area contributed by atoms with Crippen LogP contribution in [0.4, 0.5) is 24.7 Å².